The Hall–Kier alpha value is -2.22. The summed E-state index contributed by atoms with van der Waals surface area (Å²) < 4.78 is 34.7. The molecule has 0 aromatic heterocycles. The van der Waals surface area contributed by atoms with Gasteiger partial charge >= 0.3 is 0 Å². The number of benzene rings is 2. The van der Waals surface area contributed by atoms with Gasteiger partial charge in [-0.05, 0) is 62.4 Å². The summed E-state index contributed by atoms with van der Waals surface area (Å²) in [5.41, 5.74) is 0.233. The minimum Gasteiger partial charge on any atom is -0.454 e. The van der Waals surface area contributed by atoms with E-state index < -0.39 is 10.0 Å². The summed E-state index contributed by atoms with van der Waals surface area (Å²) in [6.45, 7) is 2.63. The average molecular weight is 491 g/mol. The molecule has 1 fully saturated rings. The van der Waals surface area contributed by atoms with Crippen LogP contribution in [0.2, 0.25) is 10.0 Å². The quantitative estimate of drug-likeness (QED) is 0.464. The topological polar surface area (TPSA) is 70.4 Å². The summed E-state index contributed by atoms with van der Waals surface area (Å²) in [7, 11) is -3.91. The lowest BCUT2D eigenvalue weighted by molar-refractivity contribution is 0.310. The van der Waals surface area contributed by atoms with Gasteiger partial charge in [-0.3, -0.25) is 0 Å². The molecule has 1 heterocycles. The fourth-order valence-corrected chi connectivity index (χ4v) is 5.62. The van der Waals surface area contributed by atoms with Crippen LogP contribution >= 0.6 is 23.2 Å². The molecule has 0 spiro atoms. The van der Waals surface area contributed by atoms with E-state index in [1.807, 2.05) is 13.0 Å². The van der Waals surface area contributed by atoms with Gasteiger partial charge in [0.15, 0.2) is 0 Å². The van der Waals surface area contributed by atoms with E-state index in [2.05, 4.69) is 11.8 Å². The predicted molar refractivity (Wildman–Crippen MR) is 126 cm³/mol. The van der Waals surface area contributed by atoms with Gasteiger partial charge in [0, 0.05) is 30.6 Å². The van der Waals surface area contributed by atoms with Gasteiger partial charge in [0.25, 0.3) is 0 Å². The van der Waals surface area contributed by atoms with Crippen molar-refractivity contribution >= 4 is 33.2 Å². The van der Waals surface area contributed by atoms with Gasteiger partial charge in [0.05, 0.1) is 16.7 Å². The van der Waals surface area contributed by atoms with Crippen molar-refractivity contribution in [3.05, 3.63) is 52.0 Å². The third kappa shape index (κ3) is 5.97. The Kier molecular flexibility index (Phi) is 8.45. The van der Waals surface area contributed by atoms with Crippen molar-refractivity contribution in [1.82, 2.24) is 4.31 Å². The molecule has 5 nitrogen and oxygen atoms in total. The highest BCUT2D eigenvalue weighted by molar-refractivity contribution is 7.89. The van der Waals surface area contributed by atoms with Crippen LogP contribution in [0.15, 0.2) is 41.3 Å². The molecule has 8 heteroatoms. The first-order valence-corrected chi connectivity index (χ1v) is 12.6. The van der Waals surface area contributed by atoms with E-state index >= 15 is 0 Å². The van der Waals surface area contributed by atoms with Gasteiger partial charge in [-0.15, -0.1) is 11.8 Å². The van der Waals surface area contributed by atoms with E-state index in [1.165, 1.54) is 28.6 Å². The van der Waals surface area contributed by atoms with Gasteiger partial charge in [0.2, 0.25) is 10.0 Å². The first kappa shape index (κ1) is 24.4. The van der Waals surface area contributed by atoms with E-state index in [0.29, 0.717) is 29.1 Å². The number of ether oxygens (including phenoxy) is 1. The zero-order valence-corrected chi connectivity index (χ0v) is 20.1. The normalized spacial score (nSPS) is 17.4. The molecule has 3 rings (SSSR count). The summed E-state index contributed by atoms with van der Waals surface area (Å²) >= 11 is 12.3. The Labute approximate surface area is 199 Å². The van der Waals surface area contributed by atoms with Crippen molar-refractivity contribution in [2.75, 3.05) is 13.1 Å². The SMILES string of the molecule is CC#CCC1CCCCN(S(=O)(=O)c2cc(C#N)ccc2Oc2cc(Cl)ccc2Cl)CC1. The lowest BCUT2D eigenvalue weighted by Crippen LogP contribution is -2.35. The second-order valence-corrected chi connectivity index (χ2v) is 10.4. The van der Waals surface area contributed by atoms with E-state index in [9.17, 15) is 13.7 Å². The lowest BCUT2D eigenvalue weighted by Gasteiger charge is -2.28. The van der Waals surface area contributed by atoms with Crippen molar-refractivity contribution < 1.29 is 13.2 Å². The Morgan fingerprint density at radius 2 is 1.91 bits per heavy atom. The van der Waals surface area contributed by atoms with Gasteiger partial charge < -0.3 is 4.74 Å². The Morgan fingerprint density at radius 1 is 1.09 bits per heavy atom. The molecule has 0 radical (unpaired) electrons. The van der Waals surface area contributed by atoms with Gasteiger partial charge in [-0.2, -0.15) is 9.57 Å². The molecular formula is C24H24Cl2N2O3S. The van der Waals surface area contributed by atoms with Crippen LogP contribution in [0.5, 0.6) is 11.5 Å². The van der Waals surface area contributed by atoms with Crippen LogP contribution in [0.25, 0.3) is 0 Å². The van der Waals surface area contributed by atoms with E-state index in [1.54, 1.807) is 12.1 Å². The number of nitrogens with zero attached hydrogens (tertiary/aromatic N) is 2. The van der Waals surface area contributed by atoms with Crippen LogP contribution in [0, 0.1) is 29.1 Å². The van der Waals surface area contributed by atoms with E-state index in [4.69, 9.17) is 27.9 Å². The molecule has 0 aliphatic carbocycles. The zero-order valence-electron chi connectivity index (χ0n) is 17.8. The number of nitriles is 1. The predicted octanol–water partition coefficient (Wildman–Crippen LogP) is 6.25. The Bertz CT molecular complexity index is 1180. The molecule has 32 heavy (non-hydrogen) atoms. The second kappa shape index (κ2) is 11.1. The van der Waals surface area contributed by atoms with Crippen molar-refractivity contribution in [3.63, 3.8) is 0 Å². The first-order chi connectivity index (χ1) is 15.3. The molecule has 168 valence electrons. The van der Waals surface area contributed by atoms with Crippen molar-refractivity contribution in [2.45, 2.75) is 43.9 Å². The highest BCUT2D eigenvalue weighted by Crippen LogP contribution is 2.37. The molecule has 1 aliphatic heterocycles. The monoisotopic (exact) mass is 490 g/mol. The molecule has 0 saturated carbocycles. The highest BCUT2D eigenvalue weighted by atomic mass is 35.5. The van der Waals surface area contributed by atoms with Crippen molar-refractivity contribution in [2.24, 2.45) is 5.92 Å². The summed E-state index contributed by atoms with van der Waals surface area (Å²) in [6.07, 6.45) is 4.28. The fraction of sp³-hybridized carbons (Fsp3) is 0.375. The van der Waals surface area contributed by atoms with Crippen LogP contribution in [0.1, 0.15) is 44.6 Å². The van der Waals surface area contributed by atoms with E-state index in [0.717, 1.165) is 32.1 Å². The molecule has 1 aliphatic rings. The molecule has 1 atom stereocenters. The van der Waals surface area contributed by atoms with Gasteiger partial charge in [-0.25, -0.2) is 8.42 Å². The maximum Gasteiger partial charge on any atom is 0.246 e. The maximum absolute atomic E-state index is 13.7. The molecule has 0 amide bonds. The van der Waals surface area contributed by atoms with Crippen LogP contribution < -0.4 is 4.74 Å². The molecule has 0 bridgehead atoms. The fourth-order valence-electron chi connectivity index (χ4n) is 3.67. The smallest absolute Gasteiger partial charge is 0.246 e. The van der Waals surface area contributed by atoms with Crippen molar-refractivity contribution in [3.8, 4) is 29.4 Å². The van der Waals surface area contributed by atoms with Crippen LogP contribution in [0.4, 0.5) is 0 Å². The lowest BCUT2D eigenvalue weighted by atomic mass is 9.94. The van der Waals surface area contributed by atoms with Crippen LogP contribution in [-0.4, -0.2) is 25.8 Å². The maximum atomic E-state index is 13.7. The largest absolute Gasteiger partial charge is 0.454 e. The number of hydrogen-bond donors (Lipinski definition) is 0. The molecular weight excluding hydrogens is 467 g/mol. The highest BCUT2D eigenvalue weighted by Gasteiger charge is 2.30. The third-order valence-electron chi connectivity index (χ3n) is 5.43. The minimum absolute atomic E-state index is 0.0573. The second-order valence-electron chi connectivity index (χ2n) is 7.64. The molecule has 1 unspecified atom stereocenters. The average Bonchev–Trinajstić information content (AvgIpc) is 2.75. The van der Waals surface area contributed by atoms with E-state index in [-0.39, 0.29) is 22.0 Å². The first-order valence-electron chi connectivity index (χ1n) is 10.4. The summed E-state index contributed by atoms with van der Waals surface area (Å²) in [5.74, 6) is 6.75. The number of halogens is 2. The number of rotatable bonds is 5. The Morgan fingerprint density at radius 3 is 2.66 bits per heavy atom. The summed E-state index contributed by atoms with van der Waals surface area (Å²) in [5, 5.41) is 10.1. The van der Waals surface area contributed by atoms with Crippen molar-refractivity contribution in [1.29, 1.82) is 5.26 Å². The molecule has 2 aromatic rings. The van der Waals surface area contributed by atoms with Gasteiger partial charge in [-0.1, -0.05) is 29.6 Å². The Balaban J connectivity index is 1.95. The summed E-state index contributed by atoms with van der Waals surface area (Å²) in [4.78, 5) is -0.0573. The zero-order chi connectivity index (χ0) is 23.1. The third-order valence-corrected chi connectivity index (χ3v) is 7.90. The molecule has 2 aromatic carbocycles. The van der Waals surface area contributed by atoms with Crippen LogP contribution in [0.3, 0.4) is 0 Å². The summed E-state index contributed by atoms with van der Waals surface area (Å²) in [6, 6.07) is 11.1. The van der Waals surface area contributed by atoms with Crippen LogP contribution in [-0.2, 0) is 10.0 Å². The number of sulfonamides is 1. The minimum atomic E-state index is -3.91. The standard InChI is InChI=1S/C24H24Cl2N2O3S/c1-2-3-6-18-7-4-5-13-28(14-12-18)32(29,30)24-15-19(17-27)8-11-22(24)31-23-16-20(25)9-10-21(23)26/h8-11,15-16,18H,4-7,12-14H2,1H3. The molecule has 1 saturated heterocycles. The molecule has 0 N–H and O–H groups in total. The van der Waals surface area contributed by atoms with Gasteiger partial charge in [0.1, 0.15) is 16.4 Å². The number of hydrogen-bond acceptors (Lipinski definition) is 4.